The zero-order valence-electron chi connectivity index (χ0n) is 11.0. The molecule has 1 amide bonds. The molecule has 1 aliphatic rings. The van der Waals surface area contributed by atoms with Crippen LogP contribution in [-0.2, 0) is 6.42 Å². The quantitative estimate of drug-likeness (QED) is 0.891. The SMILES string of the molecule is CCc1ccc(C(=O)N2CCNC[C@@H]2C)cc1.Cl. The lowest BCUT2D eigenvalue weighted by atomic mass is 10.1. The number of nitrogens with zero attached hydrogens (tertiary/aromatic N) is 1. The van der Waals surface area contributed by atoms with Crippen LogP contribution in [0.3, 0.4) is 0 Å². The molecule has 1 fully saturated rings. The summed E-state index contributed by atoms with van der Waals surface area (Å²) in [6.45, 7) is 6.79. The highest BCUT2D eigenvalue weighted by atomic mass is 35.5. The third-order valence-electron chi connectivity index (χ3n) is 3.37. The highest BCUT2D eigenvalue weighted by molar-refractivity contribution is 5.94. The van der Waals surface area contributed by atoms with Gasteiger partial charge in [-0.05, 0) is 31.0 Å². The van der Waals surface area contributed by atoms with Crippen LogP contribution in [0.2, 0.25) is 0 Å². The summed E-state index contributed by atoms with van der Waals surface area (Å²) in [7, 11) is 0. The summed E-state index contributed by atoms with van der Waals surface area (Å²) in [6, 6.07) is 8.24. The van der Waals surface area contributed by atoms with Gasteiger partial charge in [0.2, 0.25) is 0 Å². The minimum atomic E-state index is 0. The summed E-state index contributed by atoms with van der Waals surface area (Å²) in [6.07, 6.45) is 1.01. The third kappa shape index (κ3) is 3.24. The van der Waals surface area contributed by atoms with Crippen molar-refractivity contribution in [2.75, 3.05) is 19.6 Å². The van der Waals surface area contributed by atoms with Crippen LogP contribution in [0.4, 0.5) is 0 Å². The van der Waals surface area contributed by atoms with Crippen LogP contribution in [0.25, 0.3) is 0 Å². The van der Waals surface area contributed by atoms with Crippen LogP contribution in [0.15, 0.2) is 24.3 Å². The maximum absolute atomic E-state index is 12.3. The van der Waals surface area contributed by atoms with Gasteiger partial charge >= 0.3 is 0 Å². The number of hydrogen-bond acceptors (Lipinski definition) is 2. The van der Waals surface area contributed by atoms with Crippen LogP contribution < -0.4 is 5.32 Å². The van der Waals surface area contributed by atoms with E-state index in [0.717, 1.165) is 31.6 Å². The van der Waals surface area contributed by atoms with Crippen molar-refractivity contribution < 1.29 is 4.79 Å². The molecule has 1 heterocycles. The molecule has 0 aromatic heterocycles. The predicted octanol–water partition coefficient (Wildman–Crippen LogP) is 2.10. The maximum Gasteiger partial charge on any atom is 0.254 e. The van der Waals surface area contributed by atoms with Crippen molar-refractivity contribution in [1.29, 1.82) is 0 Å². The van der Waals surface area contributed by atoms with E-state index in [0.29, 0.717) is 0 Å². The zero-order chi connectivity index (χ0) is 12.3. The molecule has 1 atom stereocenters. The van der Waals surface area contributed by atoms with Crippen molar-refractivity contribution >= 4 is 18.3 Å². The largest absolute Gasteiger partial charge is 0.333 e. The van der Waals surface area contributed by atoms with Crippen molar-refractivity contribution in [3.05, 3.63) is 35.4 Å². The fourth-order valence-electron chi connectivity index (χ4n) is 2.19. The topological polar surface area (TPSA) is 32.3 Å². The standard InChI is InChI=1S/C14H20N2O.ClH/c1-3-12-4-6-13(7-5-12)14(17)16-9-8-15-10-11(16)2;/h4-7,11,15H,3,8-10H2,1-2H3;1H/t11-;/m0./s1. The number of aryl methyl sites for hydroxylation is 1. The Bertz CT molecular complexity index is 391. The van der Waals surface area contributed by atoms with E-state index in [1.54, 1.807) is 0 Å². The Labute approximate surface area is 115 Å². The Morgan fingerprint density at radius 2 is 2.06 bits per heavy atom. The monoisotopic (exact) mass is 268 g/mol. The molecule has 0 saturated carbocycles. The molecule has 18 heavy (non-hydrogen) atoms. The molecule has 1 aliphatic heterocycles. The maximum atomic E-state index is 12.3. The Kier molecular flexibility index (Phi) is 5.63. The van der Waals surface area contributed by atoms with Gasteiger partial charge in [-0.25, -0.2) is 0 Å². The molecule has 1 aromatic carbocycles. The van der Waals surface area contributed by atoms with E-state index >= 15 is 0 Å². The molecule has 1 aromatic rings. The number of rotatable bonds is 2. The minimum Gasteiger partial charge on any atom is -0.333 e. The van der Waals surface area contributed by atoms with E-state index in [2.05, 4.69) is 19.2 Å². The second-order valence-electron chi connectivity index (χ2n) is 4.60. The highest BCUT2D eigenvalue weighted by Crippen LogP contribution is 2.11. The number of piperazine rings is 1. The van der Waals surface area contributed by atoms with Crippen LogP contribution >= 0.6 is 12.4 Å². The molecule has 1 saturated heterocycles. The first-order valence-electron chi connectivity index (χ1n) is 6.33. The van der Waals surface area contributed by atoms with E-state index in [9.17, 15) is 4.79 Å². The second-order valence-corrected chi connectivity index (χ2v) is 4.60. The molecule has 4 heteroatoms. The second kappa shape index (κ2) is 6.76. The molecule has 0 aliphatic carbocycles. The van der Waals surface area contributed by atoms with E-state index in [-0.39, 0.29) is 24.4 Å². The Morgan fingerprint density at radius 3 is 2.61 bits per heavy atom. The average molecular weight is 269 g/mol. The normalized spacial score (nSPS) is 19.2. The van der Waals surface area contributed by atoms with Gasteiger partial charge in [-0.2, -0.15) is 0 Å². The Balaban J connectivity index is 0.00000162. The van der Waals surface area contributed by atoms with Crippen molar-refractivity contribution in [2.24, 2.45) is 0 Å². The van der Waals surface area contributed by atoms with Crippen molar-refractivity contribution in [1.82, 2.24) is 10.2 Å². The summed E-state index contributed by atoms with van der Waals surface area (Å²) < 4.78 is 0. The molecule has 0 spiro atoms. The number of halogens is 1. The fraction of sp³-hybridized carbons (Fsp3) is 0.500. The van der Waals surface area contributed by atoms with Crippen LogP contribution in [0.5, 0.6) is 0 Å². The first-order chi connectivity index (χ1) is 8.22. The van der Waals surface area contributed by atoms with Gasteiger partial charge in [0, 0.05) is 31.2 Å². The van der Waals surface area contributed by atoms with E-state index in [1.165, 1.54) is 5.56 Å². The van der Waals surface area contributed by atoms with Gasteiger partial charge in [0.05, 0.1) is 0 Å². The lowest BCUT2D eigenvalue weighted by Gasteiger charge is -2.34. The van der Waals surface area contributed by atoms with Gasteiger partial charge in [-0.3, -0.25) is 4.79 Å². The van der Waals surface area contributed by atoms with Crippen LogP contribution in [-0.4, -0.2) is 36.5 Å². The molecular formula is C14H21ClN2O. The summed E-state index contributed by atoms with van der Waals surface area (Å²) >= 11 is 0. The lowest BCUT2D eigenvalue weighted by molar-refractivity contribution is 0.0656. The smallest absolute Gasteiger partial charge is 0.254 e. The van der Waals surface area contributed by atoms with Gasteiger partial charge in [0.25, 0.3) is 5.91 Å². The number of carbonyl (C=O) groups excluding carboxylic acids is 1. The number of amides is 1. The first kappa shape index (κ1) is 15.0. The summed E-state index contributed by atoms with van der Waals surface area (Å²) in [5.74, 6) is 0.154. The van der Waals surface area contributed by atoms with E-state index < -0.39 is 0 Å². The van der Waals surface area contributed by atoms with Gasteiger partial charge in [-0.1, -0.05) is 19.1 Å². The highest BCUT2D eigenvalue weighted by Gasteiger charge is 2.23. The minimum absolute atomic E-state index is 0. The molecule has 100 valence electrons. The summed E-state index contributed by atoms with van der Waals surface area (Å²) in [4.78, 5) is 14.3. The first-order valence-corrected chi connectivity index (χ1v) is 6.33. The molecular weight excluding hydrogens is 248 g/mol. The Hall–Kier alpha value is -1.06. The Morgan fingerprint density at radius 1 is 1.39 bits per heavy atom. The molecule has 3 nitrogen and oxygen atoms in total. The summed E-state index contributed by atoms with van der Waals surface area (Å²) in [5.41, 5.74) is 2.07. The average Bonchev–Trinajstić information content (AvgIpc) is 2.39. The number of hydrogen-bond donors (Lipinski definition) is 1. The molecule has 0 bridgehead atoms. The predicted molar refractivity (Wildman–Crippen MR) is 76.4 cm³/mol. The van der Waals surface area contributed by atoms with E-state index in [1.807, 2.05) is 29.2 Å². The lowest BCUT2D eigenvalue weighted by Crippen LogP contribution is -2.52. The molecule has 0 unspecified atom stereocenters. The van der Waals surface area contributed by atoms with Crippen molar-refractivity contribution in [3.8, 4) is 0 Å². The van der Waals surface area contributed by atoms with Gasteiger partial charge in [0.15, 0.2) is 0 Å². The van der Waals surface area contributed by atoms with Gasteiger partial charge < -0.3 is 10.2 Å². The van der Waals surface area contributed by atoms with Crippen LogP contribution in [0, 0.1) is 0 Å². The van der Waals surface area contributed by atoms with Crippen molar-refractivity contribution in [3.63, 3.8) is 0 Å². The van der Waals surface area contributed by atoms with Crippen LogP contribution in [0.1, 0.15) is 29.8 Å². The number of nitrogens with one attached hydrogen (secondary N) is 1. The molecule has 0 radical (unpaired) electrons. The molecule has 1 N–H and O–H groups in total. The fourth-order valence-corrected chi connectivity index (χ4v) is 2.19. The third-order valence-corrected chi connectivity index (χ3v) is 3.37. The van der Waals surface area contributed by atoms with Crippen molar-refractivity contribution in [2.45, 2.75) is 26.3 Å². The zero-order valence-corrected chi connectivity index (χ0v) is 11.8. The summed E-state index contributed by atoms with van der Waals surface area (Å²) in [5, 5.41) is 3.30. The number of carbonyl (C=O) groups is 1. The number of benzene rings is 1. The van der Waals surface area contributed by atoms with E-state index in [4.69, 9.17) is 0 Å². The van der Waals surface area contributed by atoms with Gasteiger partial charge in [-0.15, -0.1) is 12.4 Å². The van der Waals surface area contributed by atoms with Gasteiger partial charge in [0.1, 0.15) is 0 Å². The molecule has 2 rings (SSSR count).